The Balaban J connectivity index is 1.42. The van der Waals surface area contributed by atoms with E-state index in [0.717, 1.165) is 37.7 Å². The number of amides is 3. The minimum Gasteiger partial charge on any atom is -0.338 e. The van der Waals surface area contributed by atoms with Crippen LogP contribution >= 0.6 is 0 Å². The lowest BCUT2D eigenvalue weighted by molar-refractivity contribution is 0.0548. The minimum atomic E-state index is -0.456. The van der Waals surface area contributed by atoms with Crippen molar-refractivity contribution in [2.24, 2.45) is 7.05 Å². The largest absolute Gasteiger partial charge is 0.338 e. The van der Waals surface area contributed by atoms with Gasteiger partial charge in [-0.2, -0.15) is 0 Å². The number of carbonyl (C=O) groups is 3. The molecule has 1 atom stereocenters. The number of imide groups is 1. The molecule has 1 N–H and O–H groups in total. The molecule has 0 bridgehead atoms. The Morgan fingerprint density at radius 1 is 1.00 bits per heavy atom. The molecule has 1 unspecified atom stereocenters. The van der Waals surface area contributed by atoms with Gasteiger partial charge in [0.15, 0.2) is 0 Å². The number of imidazole rings is 1. The van der Waals surface area contributed by atoms with Gasteiger partial charge in [-0.05, 0) is 36.6 Å². The summed E-state index contributed by atoms with van der Waals surface area (Å²) in [5.74, 6) is -0.166. The van der Waals surface area contributed by atoms with Gasteiger partial charge in [-0.25, -0.2) is 4.98 Å². The van der Waals surface area contributed by atoms with Crippen LogP contribution in [0.15, 0.2) is 60.9 Å². The van der Waals surface area contributed by atoms with Crippen LogP contribution in [0.4, 0.5) is 0 Å². The van der Waals surface area contributed by atoms with E-state index < -0.39 is 6.04 Å². The fourth-order valence-corrected chi connectivity index (χ4v) is 4.88. The van der Waals surface area contributed by atoms with Gasteiger partial charge in [0.2, 0.25) is 0 Å². The van der Waals surface area contributed by atoms with Crippen LogP contribution in [0, 0.1) is 0 Å². The van der Waals surface area contributed by atoms with E-state index in [4.69, 9.17) is 0 Å². The van der Waals surface area contributed by atoms with E-state index in [1.165, 1.54) is 4.90 Å². The molecule has 3 aromatic rings. The van der Waals surface area contributed by atoms with E-state index in [2.05, 4.69) is 10.3 Å². The monoisotopic (exact) mass is 442 g/mol. The molecule has 1 aromatic heterocycles. The summed E-state index contributed by atoms with van der Waals surface area (Å²) in [5.41, 5.74) is 1.93. The number of aryl methyl sites for hydroxylation is 1. The van der Waals surface area contributed by atoms with Crippen molar-refractivity contribution in [3.05, 3.63) is 89.0 Å². The maximum atomic E-state index is 13.2. The third-order valence-corrected chi connectivity index (χ3v) is 6.65. The first-order valence-electron chi connectivity index (χ1n) is 11.4. The van der Waals surface area contributed by atoms with Gasteiger partial charge < -0.3 is 9.88 Å². The van der Waals surface area contributed by atoms with Crippen molar-refractivity contribution in [1.82, 2.24) is 19.8 Å². The Morgan fingerprint density at radius 2 is 1.73 bits per heavy atom. The number of nitrogens with one attached hydrogen (secondary N) is 1. The van der Waals surface area contributed by atoms with Crippen molar-refractivity contribution in [2.75, 3.05) is 0 Å². The summed E-state index contributed by atoms with van der Waals surface area (Å²) >= 11 is 0. The topological polar surface area (TPSA) is 84.3 Å². The summed E-state index contributed by atoms with van der Waals surface area (Å²) in [6.07, 6.45) is 8.42. The predicted molar refractivity (Wildman–Crippen MR) is 123 cm³/mol. The Bertz CT molecular complexity index is 1210. The molecule has 7 heteroatoms. The molecule has 7 nitrogen and oxygen atoms in total. The van der Waals surface area contributed by atoms with Crippen LogP contribution in [-0.4, -0.2) is 38.2 Å². The number of hydrogen-bond acceptors (Lipinski definition) is 4. The molecule has 0 radical (unpaired) electrons. The summed E-state index contributed by atoms with van der Waals surface area (Å²) in [5, 5.41) is 3.05. The first-order chi connectivity index (χ1) is 16.0. The van der Waals surface area contributed by atoms with Gasteiger partial charge in [0.05, 0.1) is 11.1 Å². The van der Waals surface area contributed by atoms with Crippen molar-refractivity contribution in [2.45, 2.75) is 44.2 Å². The van der Waals surface area contributed by atoms with E-state index in [9.17, 15) is 14.4 Å². The minimum absolute atomic E-state index is 0.0469. The molecule has 2 aliphatic rings. The molecule has 33 heavy (non-hydrogen) atoms. The molecule has 168 valence electrons. The van der Waals surface area contributed by atoms with E-state index in [-0.39, 0.29) is 23.8 Å². The average molecular weight is 443 g/mol. The lowest BCUT2D eigenvalue weighted by Crippen LogP contribution is -2.40. The maximum Gasteiger partial charge on any atom is 0.261 e. The van der Waals surface area contributed by atoms with Gasteiger partial charge in [0, 0.05) is 31.0 Å². The molecule has 2 aromatic carbocycles. The van der Waals surface area contributed by atoms with Gasteiger partial charge in [-0.1, -0.05) is 49.6 Å². The zero-order valence-corrected chi connectivity index (χ0v) is 18.5. The molecule has 5 rings (SSSR count). The number of aromatic nitrogens is 2. The fourth-order valence-electron chi connectivity index (χ4n) is 4.88. The van der Waals surface area contributed by atoms with E-state index in [0.29, 0.717) is 22.5 Å². The second-order valence-corrected chi connectivity index (χ2v) is 8.75. The lowest BCUT2D eigenvalue weighted by atomic mass is 9.94. The molecule has 2 heterocycles. The second kappa shape index (κ2) is 8.65. The predicted octanol–water partition coefficient (Wildman–Crippen LogP) is 3.87. The number of fused-ring (bicyclic) bond motifs is 1. The van der Waals surface area contributed by atoms with Crippen molar-refractivity contribution in [3.8, 4) is 0 Å². The van der Waals surface area contributed by atoms with Crippen molar-refractivity contribution >= 4 is 17.7 Å². The molecule has 0 spiro atoms. The van der Waals surface area contributed by atoms with Crippen LogP contribution in [0.3, 0.4) is 0 Å². The molecule has 0 saturated heterocycles. The van der Waals surface area contributed by atoms with Gasteiger partial charge >= 0.3 is 0 Å². The van der Waals surface area contributed by atoms with Crippen LogP contribution in [0.25, 0.3) is 0 Å². The zero-order chi connectivity index (χ0) is 22.9. The molecule has 1 saturated carbocycles. The summed E-state index contributed by atoms with van der Waals surface area (Å²) in [7, 11) is 1.88. The second-order valence-electron chi connectivity index (χ2n) is 8.75. The zero-order valence-electron chi connectivity index (χ0n) is 18.5. The Hall–Kier alpha value is -3.74. The van der Waals surface area contributed by atoms with Crippen molar-refractivity contribution in [3.63, 3.8) is 0 Å². The highest BCUT2D eigenvalue weighted by Crippen LogP contribution is 2.31. The molecule has 1 aliphatic carbocycles. The molecule has 1 aliphatic heterocycles. The molecule has 1 fully saturated rings. The van der Waals surface area contributed by atoms with E-state index >= 15 is 0 Å². The van der Waals surface area contributed by atoms with Gasteiger partial charge in [-0.15, -0.1) is 0 Å². The molecular formula is C26H26N4O3. The van der Waals surface area contributed by atoms with Crippen LogP contribution in [0.2, 0.25) is 0 Å². The van der Waals surface area contributed by atoms with Crippen LogP contribution in [0.1, 0.15) is 80.6 Å². The third kappa shape index (κ3) is 3.84. The summed E-state index contributed by atoms with van der Waals surface area (Å²) in [6.45, 7) is 0. The number of carbonyl (C=O) groups excluding carboxylic acids is 3. The van der Waals surface area contributed by atoms with Crippen LogP contribution in [-0.2, 0) is 7.05 Å². The van der Waals surface area contributed by atoms with E-state index in [1.54, 1.807) is 24.4 Å². The quantitative estimate of drug-likeness (QED) is 0.608. The summed E-state index contributed by atoms with van der Waals surface area (Å²) in [4.78, 5) is 45.1. The number of benzene rings is 2. The summed E-state index contributed by atoms with van der Waals surface area (Å²) in [6, 6.07) is 13.9. The third-order valence-electron chi connectivity index (χ3n) is 6.65. The fraction of sp³-hybridized carbons (Fsp3) is 0.308. The maximum absolute atomic E-state index is 13.2. The van der Waals surface area contributed by atoms with Gasteiger partial charge in [-0.3, -0.25) is 19.3 Å². The highest BCUT2D eigenvalue weighted by molar-refractivity contribution is 6.22. The lowest BCUT2D eigenvalue weighted by Gasteiger charge is -2.29. The Kier molecular flexibility index (Phi) is 5.54. The first-order valence-corrected chi connectivity index (χ1v) is 11.4. The van der Waals surface area contributed by atoms with Crippen molar-refractivity contribution in [1.29, 1.82) is 0 Å². The highest BCUT2D eigenvalue weighted by Gasteiger charge is 2.40. The van der Waals surface area contributed by atoms with Gasteiger partial charge in [0.25, 0.3) is 17.7 Å². The first kappa shape index (κ1) is 21.1. The average Bonchev–Trinajstić information content (AvgIpc) is 3.38. The number of nitrogens with zero attached hydrogens (tertiary/aromatic N) is 3. The number of rotatable bonds is 5. The van der Waals surface area contributed by atoms with Crippen LogP contribution in [0.5, 0.6) is 0 Å². The highest BCUT2D eigenvalue weighted by atomic mass is 16.2. The Morgan fingerprint density at radius 3 is 2.42 bits per heavy atom. The molecule has 3 amide bonds. The van der Waals surface area contributed by atoms with Gasteiger partial charge in [0.1, 0.15) is 11.9 Å². The van der Waals surface area contributed by atoms with E-state index in [1.807, 2.05) is 48.1 Å². The standard InChI is InChI=1S/C26H26N4O3/c1-29-15-14-27-23(29)22(17-8-4-2-5-9-17)28-24(31)18-12-13-20-21(16-18)26(33)30(25(20)32)19-10-6-3-7-11-19/h2,4-5,8-9,12-16,19,22H,3,6-7,10-11H2,1H3,(H,28,31). The van der Waals surface area contributed by atoms with Crippen molar-refractivity contribution < 1.29 is 14.4 Å². The SMILES string of the molecule is Cn1ccnc1C(NC(=O)c1ccc2c(c1)C(=O)N(C1CCCCC1)C2=O)c1ccccc1. The Labute approximate surface area is 192 Å². The normalized spacial score (nSPS) is 17.2. The molecular weight excluding hydrogens is 416 g/mol. The summed E-state index contributed by atoms with van der Waals surface area (Å²) < 4.78 is 1.87. The number of hydrogen-bond donors (Lipinski definition) is 1. The smallest absolute Gasteiger partial charge is 0.261 e. The van der Waals surface area contributed by atoms with Crippen LogP contribution < -0.4 is 5.32 Å².